The van der Waals surface area contributed by atoms with Gasteiger partial charge >= 0.3 is 5.97 Å². The minimum absolute atomic E-state index is 0.280. The molecule has 0 aromatic carbocycles. The van der Waals surface area contributed by atoms with Crippen molar-refractivity contribution in [1.82, 2.24) is 0 Å². The molecular weight excluding hydrogens is 168 g/mol. The first-order valence-corrected chi connectivity index (χ1v) is 4.50. The van der Waals surface area contributed by atoms with Gasteiger partial charge in [-0.15, -0.1) is 0 Å². The van der Waals surface area contributed by atoms with E-state index in [-0.39, 0.29) is 5.97 Å². The average molecular weight is 186 g/mol. The van der Waals surface area contributed by atoms with Crippen molar-refractivity contribution in [2.24, 2.45) is 5.92 Å². The summed E-state index contributed by atoms with van der Waals surface area (Å²) < 4.78 is 9.68. The van der Waals surface area contributed by atoms with Crippen molar-refractivity contribution < 1.29 is 14.3 Å². The molecule has 0 aromatic heterocycles. The summed E-state index contributed by atoms with van der Waals surface area (Å²) >= 11 is 0. The molecule has 0 aliphatic carbocycles. The van der Waals surface area contributed by atoms with Crippen LogP contribution in [0, 0.1) is 5.92 Å². The molecule has 0 rings (SSSR count). The van der Waals surface area contributed by atoms with Gasteiger partial charge in [0.25, 0.3) is 0 Å². The molecule has 13 heavy (non-hydrogen) atoms. The zero-order valence-electron chi connectivity index (χ0n) is 8.79. The van der Waals surface area contributed by atoms with Crippen LogP contribution in [0.15, 0.2) is 11.8 Å². The molecule has 0 unspecified atom stereocenters. The van der Waals surface area contributed by atoms with E-state index < -0.39 is 0 Å². The Labute approximate surface area is 79.7 Å². The highest BCUT2D eigenvalue weighted by Crippen LogP contribution is 2.12. The summed E-state index contributed by atoms with van der Waals surface area (Å²) in [5.41, 5.74) is 0.597. The third kappa shape index (κ3) is 5.28. The van der Waals surface area contributed by atoms with Gasteiger partial charge in [0.2, 0.25) is 0 Å². The van der Waals surface area contributed by atoms with E-state index in [9.17, 15) is 4.79 Å². The van der Waals surface area contributed by atoms with Crippen LogP contribution in [0.2, 0.25) is 0 Å². The summed E-state index contributed by atoms with van der Waals surface area (Å²) in [6.07, 6.45) is 2.14. The van der Waals surface area contributed by atoms with Gasteiger partial charge < -0.3 is 9.47 Å². The van der Waals surface area contributed by atoms with Crippen LogP contribution in [0.4, 0.5) is 0 Å². The highest BCUT2D eigenvalue weighted by molar-refractivity contribution is 5.88. The molecule has 3 nitrogen and oxygen atoms in total. The molecule has 0 bridgehead atoms. The van der Waals surface area contributed by atoms with Crippen LogP contribution < -0.4 is 0 Å². The van der Waals surface area contributed by atoms with Gasteiger partial charge in [0.05, 0.1) is 25.6 Å². The smallest absolute Gasteiger partial charge is 0.337 e. The van der Waals surface area contributed by atoms with Gasteiger partial charge in [0.15, 0.2) is 0 Å². The van der Waals surface area contributed by atoms with E-state index in [0.717, 1.165) is 0 Å². The third-order valence-electron chi connectivity index (χ3n) is 1.43. The van der Waals surface area contributed by atoms with Crippen molar-refractivity contribution in [3.63, 3.8) is 0 Å². The van der Waals surface area contributed by atoms with Gasteiger partial charge in [-0.25, -0.2) is 4.79 Å². The molecule has 3 heteroatoms. The van der Waals surface area contributed by atoms with E-state index in [1.165, 1.54) is 13.4 Å². The molecular formula is C10H18O3. The summed E-state index contributed by atoms with van der Waals surface area (Å²) in [6.45, 7) is 6.28. The zero-order valence-corrected chi connectivity index (χ0v) is 8.79. The monoisotopic (exact) mass is 186 g/mol. The molecule has 0 amide bonds. The zero-order chi connectivity index (χ0) is 10.3. The Balaban J connectivity index is 4.24. The Morgan fingerprint density at radius 3 is 2.46 bits per heavy atom. The maximum absolute atomic E-state index is 11.3. The summed E-state index contributed by atoms with van der Waals surface area (Å²) in [4.78, 5) is 11.3. The van der Waals surface area contributed by atoms with E-state index in [4.69, 9.17) is 9.47 Å². The van der Waals surface area contributed by atoms with Gasteiger partial charge in [0.1, 0.15) is 0 Å². The Kier molecular flexibility index (Phi) is 6.02. The maximum Gasteiger partial charge on any atom is 0.337 e. The topological polar surface area (TPSA) is 35.5 Å². The second-order valence-electron chi connectivity index (χ2n) is 3.20. The van der Waals surface area contributed by atoms with Crippen LogP contribution in [-0.2, 0) is 14.3 Å². The Bertz CT molecular complexity index is 183. The normalized spacial score (nSPS) is 11.6. The first-order valence-electron chi connectivity index (χ1n) is 4.50. The van der Waals surface area contributed by atoms with Gasteiger partial charge in [0, 0.05) is 0 Å². The molecule has 0 N–H and O–H groups in total. The van der Waals surface area contributed by atoms with Gasteiger partial charge in [-0.1, -0.05) is 13.8 Å². The molecule has 0 aromatic rings. The van der Waals surface area contributed by atoms with E-state index in [1.54, 1.807) is 6.92 Å². The van der Waals surface area contributed by atoms with E-state index in [1.807, 2.05) is 13.8 Å². The summed E-state index contributed by atoms with van der Waals surface area (Å²) in [6, 6.07) is 0. The first kappa shape index (κ1) is 12.0. The first-order chi connectivity index (χ1) is 6.11. The van der Waals surface area contributed by atoms with Crippen LogP contribution in [0.1, 0.15) is 27.2 Å². The van der Waals surface area contributed by atoms with Crippen LogP contribution in [0.25, 0.3) is 0 Å². The van der Waals surface area contributed by atoms with E-state index in [0.29, 0.717) is 24.5 Å². The van der Waals surface area contributed by atoms with Crippen molar-refractivity contribution >= 4 is 5.97 Å². The minimum Gasteiger partial charge on any atom is -0.504 e. The molecule has 0 saturated carbocycles. The lowest BCUT2D eigenvalue weighted by atomic mass is 10.0. The number of hydrogen-bond donors (Lipinski definition) is 0. The molecule has 0 saturated heterocycles. The van der Waals surface area contributed by atoms with Crippen LogP contribution in [0.3, 0.4) is 0 Å². The van der Waals surface area contributed by atoms with Crippen LogP contribution in [0.5, 0.6) is 0 Å². The lowest BCUT2D eigenvalue weighted by molar-refractivity contribution is -0.138. The minimum atomic E-state index is -0.280. The Morgan fingerprint density at radius 2 is 2.08 bits per heavy atom. The van der Waals surface area contributed by atoms with Crippen molar-refractivity contribution in [3.05, 3.63) is 11.8 Å². The standard InChI is InChI=1S/C10H18O3/c1-5-13-10(11)9(7-12-4)6-8(2)3/h7-8H,5-6H2,1-4H3. The highest BCUT2D eigenvalue weighted by atomic mass is 16.5. The second kappa shape index (κ2) is 6.52. The number of ether oxygens (including phenoxy) is 2. The summed E-state index contributed by atoms with van der Waals surface area (Å²) in [5.74, 6) is 0.142. The SMILES string of the molecule is CCOC(=O)C(=COC)CC(C)C. The summed E-state index contributed by atoms with van der Waals surface area (Å²) in [5, 5.41) is 0. The predicted molar refractivity (Wildman–Crippen MR) is 51.2 cm³/mol. The van der Waals surface area contributed by atoms with Crippen molar-refractivity contribution in [1.29, 1.82) is 0 Å². The summed E-state index contributed by atoms with van der Waals surface area (Å²) in [7, 11) is 1.53. The lowest BCUT2D eigenvalue weighted by Crippen LogP contribution is -2.10. The van der Waals surface area contributed by atoms with Gasteiger partial charge in [-0.3, -0.25) is 0 Å². The Morgan fingerprint density at radius 1 is 1.46 bits per heavy atom. The molecule has 0 fully saturated rings. The van der Waals surface area contributed by atoms with Crippen molar-refractivity contribution in [3.8, 4) is 0 Å². The predicted octanol–water partition coefficient (Wildman–Crippen LogP) is 2.13. The fourth-order valence-corrected chi connectivity index (χ4v) is 0.985. The van der Waals surface area contributed by atoms with E-state index in [2.05, 4.69) is 0 Å². The van der Waals surface area contributed by atoms with Crippen molar-refractivity contribution in [2.75, 3.05) is 13.7 Å². The molecule has 0 aliphatic heterocycles. The number of hydrogen-bond acceptors (Lipinski definition) is 3. The molecule has 0 radical (unpaired) electrons. The fraction of sp³-hybridized carbons (Fsp3) is 0.700. The molecule has 0 aliphatic rings. The molecule has 76 valence electrons. The van der Waals surface area contributed by atoms with Crippen LogP contribution >= 0.6 is 0 Å². The molecule has 0 atom stereocenters. The molecule has 0 heterocycles. The number of esters is 1. The number of methoxy groups -OCH3 is 1. The highest BCUT2D eigenvalue weighted by Gasteiger charge is 2.12. The fourth-order valence-electron chi connectivity index (χ4n) is 0.985. The van der Waals surface area contributed by atoms with Crippen LogP contribution in [-0.4, -0.2) is 19.7 Å². The largest absolute Gasteiger partial charge is 0.504 e. The third-order valence-corrected chi connectivity index (χ3v) is 1.43. The quantitative estimate of drug-likeness (QED) is 0.375. The maximum atomic E-state index is 11.3. The second-order valence-corrected chi connectivity index (χ2v) is 3.20. The lowest BCUT2D eigenvalue weighted by Gasteiger charge is -2.08. The number of rotatable bonds is 5. The van der Waals surface area contributed by atoms with Crippen molar-refractivity contribution in [2.45, 2.75) is 27.2 Å². The van der Waals surface area contributed by atoms with Gasteiger partial charge in [-0.05, 0) is 19.3 Å². The number of carbonyl (C=O) groups excluding carboxylic acids is 1. The van der Waals surface area contributed by atoms with E-state index >= 15 is 0 Å². The molecule has 0 spiro atoms. The number of carbonyl (C=O) groups is 1. The average Bonchev–Trinajstić information content (AvgIpc) is 2.03. The van der Waals surface area contributed by atoms with Gasteiger partial charge in [-0.2, -0.15) is 0 Å². The Hall–Kier alpha value is -0.990.